The van der Waals surface area contributed by atoms with E-state index in [0.717, 1.165) is 23.3 Å². The van der Waals surface area contributed by atoms with Crippen LogP contribution in [0.2, 0.25) is 0 Å². The number of nitrogens with one attached hydrogen (secondary N) is 1. The molecule has 0 fully saturated rings. The number of hydrogen-bond acceptors (Lipinski definition) is 5. The van der Waals surface area contributed by atoms with Crippen LogP contribution in [0.1, 0.15) is 27.2 Å². The van der Waals surface area contributed by atoms with E-state index < -0.39 is 17.6 Å². The van der Waals surface area contributed by atoms with Gasteiger partial charge in [0.05, 0.1) is 12.1 Å². The molecule has 0 radical (unpaired) electrons. The minimum absolute atomic E-state index is 0.0368. The fourth-order valence-corrected chi connectivity index (χ4v) is 3.01. The Balaban J connectivity index is 1.34. The average molecular weight is 456 g/mol. The zero-order valence-corrected chi connectivity index (χ0v) is 17.5. The predicted octanol–water partition coefficient (Wildman–Crippen LogP) is 4.14. The van der Waals surface area contributed by atoms with Gasteiger partial charge in [0.15, 0.2) is 12.4 Å². The zero-order chi connectivity index (χ0) is 23.4. The Hall–Kier alpha value is -4.15. The number of rotatable bonds is 7. The maximum absolute atomic E-state index is 12.8. The number of carbonyl (C=O) groups excluding carboxylic acids is 1. The molecule has 33 heavy (non-hydrogen) atoms. The van der Waals surface area contributed by atoms with Crippen LogP contribution in [0.25, 0.3) is 0 Å². The number of ether oxygens (including phenoxy) is 1. The van der Waals surface area contributed by atoms with Gasteiger partial charge in [-0.3, -0.25) is 10.1 Å². The molecule has 8 nitrogen and oxygen atoms in total. The Kier molecular flexibility index (Phi) is 6.11. The van der Waals surface area contributed by atoms with Crippen LogP contribution in [-0.2, 0) is 19.5 Å². The summed E-state index contributed by atoms with van der Waals surface area (Å²) in [6.45, 7) is 2.34. The second-order valence-corrected chi connectivity index (χ2v) is 7.19. The predicted molar refractivity (Wildman–Crippen MR) is 113 cm³/mol. The van der Waals surface area contributed by atoms with Crippen molar-refractivity contribution in [2.75, 3.05) is 5.32 Å². The number of alkyl halides is 3. The van der Waals surface area contributed by atoms with Crippen LogP contribution < -0.4 is 10.1 Å². The van der Waals surface area contributed by atoms with E-state index in [9.17, 15) is 18.0 Å². The van der Waals surface area contributed by atoms with Gasteiger partial charge in [-0.2, -0.15) is 18.3 Å². The molecule has 0 unspecified atom stereocenters. The second-order valence-electron chi connectivity index (χ2n) is 7.19. The van der Waals surface area contributed by atoms with Gasteiger partial charge in [-0.15, -0.1) is 5.10 Å². The van der Waals surface area contributed by atoms with E-state index in [1.54, 1.807) is 4.68 Å². The van der Waals surface area contributed by atoms with Gasteiger partial charge in [0, 0.05) is 6.20 Å². The number of anilines is 1. The number of aromatic nitrogens is 5. The molecule has 0 aliphatic carbocycles. The lowest BCUT2D eigenvalue weighted by atomic mass is 10.1. The molecule has 0 saturated carbocycles. The molecule has 0 aliphatic heterocycles. The second kappa shape index (κ2) is 9.15. The summed E-state index contributed by atoms with van der Waals surface area (Å²) in [4.78, 5) is 16.5. The summed E-state index contributed by atoms with van der Waals surface area (Å²) in [6, 6.07) is 13.9. The van der Waals surface area contributed by atoms with Crippen LogP contribution >= 0.6 is 0 Å². The highest BCUT2D eigenvalue weighted by Gasteiger charge is 2.30. The first kappa shape index (κ1) is 22.1. The summed E-state index contributed by atoms with van der Waals surface area (Å²) >= 11 is 0. The van der Waals surface area contributed by atoms with Crippen molar-refractivity contribution in [3.8, 4) is 5.75 Å². The highest BCUT2D eigenvalue weighted by molar-refractivity contribution is 6.01. The van der Waals surface area contributed by atoms with Crippen LogP contribution in [0.4, 0.5) is 19.1 Å². The maximum atomic E-state index is 12.8. The van der Waals surface area contributed by atoms with Gasteiger partial charge in [-0.25, -0.2) is 14.3 Å². The average Bonchev–Trinajstić information content (AvgIpc) is 3.43. The highest BCUT2D eigenvalue weighted by atomic mass is 19.4. The summed E-state index contributed by atoms with van der Waals surface area (Å²) in [6.07, 6.45) is -1.46. The van der Waals surface area contributed by atoms with Gasteiger partial charge in [-0.05, 0) is 42.3 Å². The van der Waals surface area contributed by atoms with E-state index in [2.05, 4.69) is 20.5 Å². The standard InChI is InChI=1S/C22H19F3N6O2/c1-15-5-2-3-6-16(15)12-31-13-26-21(29-31)27-20(32)19-9-10-30(28-19)14-33-18-8-4-7-17(11-18)22(23,24)25/h2-11,13H,12,14H2,1H3,(H,27,29,32). The number of hydrogen-bond donors (Lipinski definition) is 1. The molecular formula is C22H19F3N6O2. The van der Waals surface area contributed by atoms with Gasteiger partial charge in [-0.1, -0.05) is 30.3 Å². The first-order valence-corrected chi connectivity index (χ1v) is 9.87. The van der Waals surface area contributed by atoms with Gasteiger partial charge in [0.2, 0.25) is 5.95 Å². The quantitative estimate of drug-likeness (QED) is 0.452. The molecule has 11 heteroatoms. The molecule has 0 bridgehead atoms. The molecule has 0 spiro atoms. The first-order chi connectivity index (χ1) is 15.8. The molecular weight excluding hydrogens is 437 g/mol. The molecule has 170 valence electrons. The monoisotopic (exact) mass is 456 g/mol. The van der Waals surface area contributed by atoms with Crippen molar-refractivity contribution in [2.24, 2.45) is 0 Å². The fourth-order valence-electron chi connectivity index (χ4n) is 3.01. The number of amides is 1. The fraction of sp³-hybridized carbons (Fsp3) is 0.182. The van der Waals surface area contributed by atoms with Crippen molar-refractivity contribution < 1.29 is 22.7 Å². The Morgan fingerprint density at radius 2 is 1.88 bits per heavy atom. The number of nitrogens with zero attached hydrogens (tertiary/aromatic N) is 5. The molecule has 1 N–H and O–H groups in total. The minimum atomic E-state index is -4.46. The van der Waals surface area contributed by atoms with E-state index in [1.165, 1.54) is 35.4 Å². The Morgan fingerprint density at radius 3 is 2.67 bits per heavy atom. The van der Waals surface area contributed by atoms with Crippen LogP contribution in [0.5, 0.6) is 5.75 Å². The normalized spacial score (nSPS) is 11.4. The van der Waals surface area contributed by atoms with E-state index in [4.69, 9.17) is 4.74 Å². The molecule has 0 atom stereocenters. The Labute approximate surface area is 186 Å². The van der Waals surface area contributed by atoms with Crippen LogP contribution in [0, 0.1) is 6.92 Å². The van der Waals surface area contributed by atoms with Gasteiger partial charge in [0.1, 0.15) is 12.1 Å². The van der Waals surface area contributed by atoms with E-state index in [0.29, 0.717) is 6.54 Å². The van der Waals surface area contributed by atoms with Crippen molar-refractivity contribution in [2.45, 2.75) is 26.4 Å². The lowest BCUT2D eigenvalue weighted by Crippen LogP contribution is -2.15. The van der Waals surface area contributed by atoms with Gasteiger partial charge in [0.25, 0.3) is 5.91 Å². The van der Waals surface area contributed by atoms with Crippen LogP contribution in [0.3, 0.4) is 0 Å². The SMILES string of the molecule is Cc1ccccc1Cn1cnc(NC(=O)c2ccn(COc3cccc(C(F)(F)F)c3)n2)n1. The van der Waals surface area contributed by atoms with E-state index in [-0.39, 0.29) is 24.1 Å². The van der Waals surface area contributed by atoms with Crippen LogP contribution in [-0.4, -0.2) is 30.5 Å². The molecule has 0 saturated heterocycles. The maximum Gasteiger partial charge on any atom is 0.416 e. The Morgan fingerprint density at radius 1 is 1.06 bits per heavy atom. The summed E-state index contributed by atoms with van der Waals surface area (Å²) in [5.41, 5.74) is 1.48. The van der Waals surface area contributed by atoms with Crippen molar-refractivity contribution in [3.63, 3.8) is 0 Å². The third-order valence-corrected chi connectivity index (χ3v) is 4.75. The number of benzene rings is 2. The summed E-state index contributed by atoms with van der Waals surface area (Å²) in [5.74, 6) is -0.362. The van der Waals surface area contributed by atoms with Crippen molar-refractivity contribution in [1.29, 1.82) is 0 Å². The molecule has 0 aliphatic rings. The van der Waals surface area contributed by atoms with E-state index >= 15 is 0 Å². The lowest BCUT2D eigenvalue weighted by molar-refractivity contribution is -0.137. The topological polar surface area (TPSA) is 86.9 Å². The smallest absolute Gasteiger partial charge is 0.416 e. The van der Waals surface area contributed by atoms with E-state index in [1.807, 2.05) is 31.2 Å². The number of halogens is 3. The third kappa shape index (κ3) is 5.56. The molecule has 4 rings (SSSR count). The van der Waals surface area contributed by atoms with Crippen LogP contribution in [0.15, 0.2) is 67.1 Å². The van der Waals surface area contributed by atoms with Crippen molar-refractivity contribution in [1.82, 2.24) is 24.5 Å². The minimum Gasteiger partial charge on any atom is -0.471 e. The molecule has 2 heterocycles. The van der Waals surface area contributed by atoms with Crippen molar-refractivity contribution >= 4 is 11.9 Å². The molecule has 4 aromatic rings. The van der Waals surface area contributed by atoms with Crippen molar-refractivity contribution in [3.05, 3.63) is 89.5 Å². The number of carbonyl (C=O) groups is 1. The highest BCUT2D eigenvalue weighted by Crippen LogP contribution is 2.31. The number of aryl methyl sites for hydroxylation is 1. The largest absolute Gasteiger partial charge is 0.471 e. The molecule has 2 aromatic heterocycles. The third-order valence-electron chi connectivity index (χ3n) is 4.75. The first-order valence-electron chi connectivity index (χ1n) is 9.87. The van der Waals surface area contributed by atoms with Gasteiger partial charge < -0.3 is 4.74 Å². The summed E-state index contributed by atoms with van der Waals surface area (Å²) < 4.78 is 46.7. The van der Waals surface area contributed by atoms with Gasteiger partial charge >= 0.3 is 6.18 Å². The summed E-state index contributed by atoms with van der Waals surface area (Å²) in [5, 5.41) is 10.9. The lowest BCUT2D eigenvalue weighted by Gasteiger charge is -2.10. The summed E-state index contributed by atoms with van der Waals surface area (Å²) in [7, 11) is 0. The molecule has 2 aromatic carbocycles. The Bertz CT molecular complexity index is 1260. The zero-order valence-electron chi connectivity index (χ0n) is 17.5. The molecule has 1 amide bonds.